The van der Waals surface area contributed by atoms with Crippen molar-refractivity contribution in [3.05, 3.63) is 64.7 Å². The van der Waals surface area contributed by atoms with Crippen LogP contribution in [0.1, 0.15) is 30.5 Å². The zero-order valence-corrected chi connectivity index (χ0v) is 12.9. The summed E-state index contributed by atoms with van der Waals surface area (Å²) < 4.78 is 5.71. The van der Waals surface area contributed by atoms with E-state index in [1.54, 1.807) is 0 Å². The SMILES string of the molecule is CC(Cc1cccc(Cl)c1)NC1CCOc2ccccc21. The highest BCUT2D eigenvalue weighted by Crippen LogP contribution is 2.31. The minimum absolute atomic E-state index is 0.365. The van der Waals surface area contributed by atoms with Gasteiger partial charge >= 0.3 is 0 Å². The van der Waals surface area contributed by atoms with Crippen molar-refractivity contribution in [2.24, 2.45) is 0 Å². The molecule has 0 amide bonds. The van der Waals surface area contributed by atoms with E-state index in [2.05, 4.69) is 30.4 Å². The summed E-state index contributed by atoms with van der Waals surface area (Å²) in [5.74, 6) is 1.01. The molecular formula is C18H20ClNO. The van der Waals surface area contributed by atoms with E-state index in [0.717, 1.165) is 30.2 Å². The van der Waals surface area contributed by atoms with Gasteiger partial charge in [-0.05, 0) is 37.1 Å². The Morgan fingerprint density at radius 1 is 1.24 bits per heavy atom. The maximum atomic E-state index is 6.05. The minimum Gasteiger partial charge on any atom is -0.493 e. The number of hydrogen-bond acceptors (Lipinski definition) is 2. The third-order valence-corrected chi connectivity index (χ3v) is 4.11. The van der Waals surface area contributed by atoms with Crippen LogP contribution in [0.2, 0.25) is 5.02 Å². The Bertz CT molecular complexity index is 614. The predicted octanol–water partition coefficient (Wildman–Crippen LogP) is 4.38. The van der Waals surface area contributed by atoms with E-state index in [1.807, 2.05) is 30.3 Å². The first-order valence-electron chi connectivity index (χ1n) is 7.44. The first kappa shape index (κ1) is 14.4. The highest BCUT2D eigenvalue weighted by molar-refractivity contribution is 6.30. The van der Waals surface area contributed by atoms with Gasteiger partial charge in [0.05, 0.1) is 6.61 Å². The van der Waals surface area contributed by atoms with Crippen molar-refractivity contribution in [2.75, 3.05) is 6.61 Å². The molecule has 0 saturated carbocycles. The first-order valence-corrected chi connectivity index (χ1v) is 7.82. The van der Waals surface area contributed by atoms with Crippen LogP contribution in [0.25, 0.3) is 0 Å². The maximum Gasteiger partial charge on any atom is 0.124 e. The summed E-state index contributed by atoms with van der Waals surface area (Å²) in [7, 11) is 0. The van der Waals surface area contributed by atoms with Gasteiger partial charge < -0.3 is 10.1 Å². The van der Waals surface area contributed by atoms with Crippen LogP contribution in [-0.4, -0.2) is 12.6 Å². The van der Waals surface area contributed by atoms with Crippen LogP contribution in [-0.2, 0) is 6.42 Å². The van der Waals surface area contributed by atoms with Crippen molar-refractivity contribution in [1.82, 2.24) is 5.32 Å². The lowest BCUT2D eigenvalue weighted by Gasteiger charge is -2.29. The number of hydrogen-bond donors (Lipinski definition) is 1. The van der Waals surface area contributed by atoms with Crippen LogP contribution in [0.15, 0.2) is 48.5 Å². The van der Waals surface area contributed by atoms with E-state index in [-0.39, 0.29) is 0 Å². The molecule has 1 aliphatic heterocycles. The van der Waals surface area contributed by atoms with Gasteiger partial charge in [-0.2, -0.15) is 0 Å². The second-order valence-corrected chi connectivity index (χ2v) is 6.07. The molecule has 0 spiro atoms. The van der Waals surface area contributed by atoms with Gasteiger partial charge in [-0.1, -0.05) is 41.9 Å². The Morgan fingerprint density at radius 2 is 2.10 bits per heavy atom. The summed E-state index contributed by atoms with van der Waals surface area (Å²) in [6.07, 6.45) is 1.98. The van der Waals surface area contributed by atoms with Gasteiger partial charge in [-0.3, -0.25) is 0 Å². The standard InChI is InChI=1S/C18H20ClNO/c1-13(11-14-5-4-6-15(19)12-14)20-17-9-10-21-18-8-3-2-7-16(17)18/h2-8,12-13,17,20H,9-11H2,1H3. The van der Waals surface area contributed by atoms with Gasteiger partial charge in [0.2, 0.25) is 0 Å². The molecule has 2 unspecified atom stereocenters. The van der Waals surface area contributed by atoms with Gasteiger partial charge in [-0.25, -0.2) is 0 Å². The zero-order valence-electron chi connectivity index (χ0n) is 12.2. The molecule has 2 aromatic rings. The van der Waals surface area contributed by atoms with E-state index in [0.29, 0.717) is 12.1 Å². The number of nitrogens with one attached hydrogen (secondary N) is 1. The lowest BCUT2D eigenvalue weighted by molar-refractivity contribution is 0.245. The molecule has 0 bridgehead atoms. The second kappa shape index (κ2) is 6.50. The maximum absolute atomic E-state index is 6.05. The third-order valence-electron chi connectivity index (χ3n) is 3.88. The quantitative estimate of drug-likeness (QED) is 0.904. The van der Waals surface area contributed by atoms with Gasteiger partial charge in [0, 0.05) is 29.1 Å². The summed E-state index contributed by atoms with van der Waals surface area (Å²) in [5.41, 5.74) is 2.53. The summed E-state index contributed by atoms with van der Waals surface area (Å²) >= 11 is 6.05. The van der Waals surface area contributed by atoms with E-state index in [9.17, 15) is 0 Å². The average Bonchev–Trinajstić information content (AvgIpc) is 2.47. The fourth-order valence-corrected chi connectivity index (χ4v) is 3.15. The third kappa shape index (κ3) is 3.58. The van der Waals surface area contributed by atoms with Crippen molar-refractivity contribution in [2.45, 2.75) is 31.8 Å². The van der Waals surface area contributed by atoms with Crippen LogP contribution >= 0.6 is 11.6 Å². The fraction of sp³-hybridized carbons (Fsp3) is 0.333. The Morgan fingerprint density at radius 3 is 2.95 bits per heavy atom. The molecule has 0 aliphatic carbocycles. The molecule has 1 aliphatic rings. The van der Waals surface area contributed by atoms with Crippen LogP contribution in [0, 0.1) is 0 Å². The second-order valence-electron chi connectivity index (χ2n) is 5.63. The molecule has 0 aromatic heterocycles. The minimum atomic E-state index is 0.365. The van der Waals surface area contributed by atoms with Crippen molar-refractivity contribution in [3.8, 4) is 5.75 Å². The summed E-state index contributed by atoms with van der Waals surface area (Å²) in [4.78, 5) is 0. The molecule has 2 nitrogen and oxygen atoms in total. The fourth-order valence-electron chi connectivity index (χ4n) is 2.94. The highest BCUT2D eigenvalue weighted by atomic mass is 35.5. The van der Waals surface area contributed by atoms with E-state index >= 15 is 0 Å². The van der Waals surface area contributed by atoms with Crippen LogP contribution < -0.4 is 10.1 Å². The summed E-state index contributed by atoms with van der Waals surface area (Å²) in [5, 5.41) is 4.52. The van der Waals surface area contributed by atoms with Crippen LogP contribution in [0.4, 0.5) is 0 Å². The van der Waals surface area contributed by atoms with Crippen LogP contribution in [0.3, 0.4) is 0 Å². The average molecular weight is 302 g/mol. The van der Waals surface area contributed by atoms with E-state index in [4.69, 9.17) is 16.3 Å². The Hall–Kier alpha value is -1.51. The number of para-hydroxylation sites is 1. The van der Waals surface area contributed by atoms with E-state index < -0.39 is 0 Å². The Balaban J connectivity index is 1.67. The Kier molecular flexibility index (Phi) is 4.47. The van der Waals surface area contributed by atoms with Crippen molar-refractivity contribution in [1.29, 1.82) is 0 Å². The molecule has 2 atom stereocenters. The monoisotopic (exact) mass is 301 g/mol. The molecule has 3 rings (SSSR count). The molecule has 0 saturated heterocycles. The van der Waals surface area contributed by atoms with Gasteiger partial charge in [-0.15, -0.1) is 0 Å². The number of fused-ring (bicyclic) bond motifs is 1. The number of rotatable bonds is 4. The van der Waals surface area contributed by atoms with Crippen LogP contribution in [0.5, 0.6) is 5.75 Å². The molecule has 2 aromatic carbocycles. The van der Waals surface area contributed by atoms with Gasteiger partial charge in [0.25, 0.3) is 0 Å². The molecule has 1 N–H and O–H groups in total. The Labute approximate surface area is 131 Å². The van der Waals surface area contributed by atoms with E-state index in [1.165, 1.54) is 11.1 Å². The topological polar surface area (TPSA) is 21.3 Å². The summed E-state index contributed by atoms with van der Waals surface area (Å²) in [6.45, 7) is 3.00. The smallest absolute Gasteiger partial charge is 0.124 e. The predicted molar refractivity (Wildman–Crippen MR) is 87.0 cm³/mol. The normalized spacial score (nSPS) is 18.7. The summed E-state index contributed by atoms with van der Waals surface area (Å²) in [6, 6.07) is 17.1. The molecular weight excluding hydrogens is 282 g/mol. The molecule has 110 valence electrons. The van der Waals surface area contributed by atoms with Crippen molar-refractivity contribution >= 4 is 11.6 Å². The molecule has 1 heterocycles. The van der Waals surface area contributed by atoms with Gasteiger partial charge in [0.1, 0.15) is 5.75 Å². The number of halogens is 1. The zero-order chi connectivity index (χ0) is 14.7. The van der Waals surface area contributed by atoms with Gasteiger partial charge in [0.15, 0.2) is 0 Å². The lowest BCUT2D eigenvalue weighted by Crippen LogP contribution is -2.35. The largest absolute Gasteiger partial charge is 0.493 e. The first-order chi connectivity index (χ1) is 10.2. The van der Waals surface area contributed by atoms with Crippen molar-refractivity contribution < 1.29 is 4.74 Å². The number of ether oxygens (including phenoxy) is 1. The molecule has 0 radical (unpaired) electrons. The molecule has 0 fully saturated rings. The number of benzene rings is 2. The molecule has 21 heavy (non-hydrogen) atoms. The van der Waals surface area contributed by atoms with Crippen molar-refractivity contribution in [3.63, 3.8) is 0 Å². The lowest BCUT2D eigenvalue weighted by atomic mass is 9.98. The molecule has 3 heteroatoms. The highest BCUT2D eigenvalue weighted by Gasteiger charge is 2.22.